The average molecular weight is 887 g/mol. The molecule has 0 unspecified atom stereocenters. The average Bonchev–Trinajstić information content (AvgIpc) is 4.03. The van der Waals surface area contributed by atoms with Gasteiger partial charge in [-0.2, -0.15) is 0 Å². The summed E-state index contributed by atoms with van der Waals surface area (Å²) in [5, 5.41) is 5.90. The van der Waals surface area contributed by atoms with Gasteiger partial charge < -0.3 is 18.2 Å². The third-order valence-corrected chi connectivity index (χ3v) is 17.3. The molecule has 0 bridgehead atoms. The number of aromatic nitrogens is 1. The van der Waals surface area contributed by atoms with Crippen LogP contribution in [0.15, 0.2) is 124 Å². The molecule has 336 valence electrons. The van der Waals surface area contributed by atoms with Crippen LogP contribution in [0.3, 0.4) is 0 Å². The molecular weight excluding hydrogens is 828 g/mol. The molecule has 5 heteroatoms. The zero-order valence-corrected chi connectivity index (χ0v) is 41.7. The number of benzene rings is 7. The quantitative estimate of drug-likeness (QED) is 0.154. The molecule has 10 aromatic rings. The fourth-order valence-corrected chi connectivity index (χ4v) is 13.4. The van der Waals surface area contributed by atoms with E-state index in [1.54, 1.807) is 0 Å². The van der Waals surface area contributed by atoms with E-state index in [0.29, 0.717) is 0 Å². The highest BCUT2D eigenvalue weighted by Crippen LogP contribution is 2.57. The van der Waals surface area contributed by atoms with Gasteiger partial charge in [0.2, 0.25) is 0 Å². The number of rotatable bonds is 1. The van der Waals surface area contributed by atoms with Gasteiger partial charge in [0, 0.05) is 43.9 Å². The summed E-state index contributed by atoms with van der Waals surface area (Å²) in [7, 11) is 0. The molecule has 0 N–H and O–H groups in total. The maximum atomic E-state index is 7.72. The fraction of sp³-hybridized carbons (Fsp3) is 0.302. The Bertz CT molecular complexity index is 3910. The molecule has 0 spiro atoms. The molecule has 0 fully saturated rings. The van der Waals surface area contributed by atoms with Crippen LogP contribution in [0.1, 0.15) is 129 Å². The monoisotopic (exact) mass is 886 g/mol. The molecule has 0 radical (unpaired) electrons. The van der Waals surface area contributed by atoms with Gasteiger partial charge in [-0.1, -0.05) is 144 Å². The van der Waals surface area contributed by atoms with Crippen molar-refractivity contribution < 1.29 is 8.83 Å². The van der Waals surface area contributed by atoms with Crippen LogP contribution in [-0.4, -0.2) is 11.4 Å². The molecule has 0 atom stereocenters. The Morgan fingerprint density at radius 2 is 1.22 bits per heavy atom. The summed E-state index contributed by atoms with van der Waals surface area (Å²) in [4.78, 5) is 2.66. The molecule has 2 aliphatic heterocycles. The zero-order valence-electron chi connectivity index (χ0n) is 41.7. The summed E-state index contributed by atoms with van der Waals surface area (Å²) in [5.74, 6) is 0. The molecule has 68 heavy (non-hydrogen) atoms. The van der Waals surface area contributed by atoms with Gasteiger partial charge in [0.15, 0.2) is 0 Å². The van der Waals surface area contributed by atoms with Crippen molar-refractivity contribution >= 4 is 84.1 Å². The highest BCUT2D eigenvalue weighted by atomic mass is 16.3. The van der Waals surface area contributed by atoms with Crippen molar-refractivity contribution in [2.75, 3.05) is 4.81 Å². The predicted octanol–water partition coefficient (Wildman–Crippen LogP) is 15.9. The molecule has 4 aliphatic rings. The summed E-state index contributed by atoms with van der Waals surface area (Å²) < 4.78 is 17.6. The number of hydrogen-bond donors (Lipinski definition) is 0. The normalized spacial score (nSPS) is 17.3. The Morgan fingerprint density at radius 1 is 0.544 bits per heavy atom. The topological polar surface area (TPSA) is 34.5 Å². The highest BCUT2D eigenvalue weighted by molar-refractivity contribution is 6.93. The molecule has 3 aromatic heterocycles. The second-order valence-corrected chi connectivity index (χ2v) is 24.8. The van der Waals surface area contributed by atoms with Crippen molar-refractivity contribution in [3.8, 4) is 27.9 Å². The first-order valence-electron chi connectivity index (χ1n) is 25.0. The SMILES string of the molecule is CC(C)(C)c1ccc(N2B3c4oc5cc6c(cc5c4-n4c5ccc(C(C)(C)C)cc5c5c7oc8ccccc8c7c(c3c54)-c3cc4c(cc32)C(C)(C)c2ccccc2-4)C(C)(C)CCC6(C)C)cc1. The van der Waals surface area contributed by atoms with Gasteiger partial charge in [0.1, 0.15) is 22.4 Å². The minimum absolute atomic E-state index is 0.00588. The van der Waals surface area contributed by atoms with Crippen LogP contribution in [0.25, 0.3) is 82.7 Å². The second kappa shape index (κ2) is 12.6. The first-order chi connectivity index (χ1) is 32.2. The lowest BCUT2D eigenvalue weighted by Crippen LogP contribution is -2.60. The van der Waals surface area contributed by atoms with Crippen molar-refractivity contribution in [2.45, 2.75) is 123 Å². The van der Waals surface area contributed by atoms with Crippen LogP contribution in [0.4, 0.5) is 11.4 Å². The highest BCUT2D eigenvalue weighted by Gasteiger charge is 2.51. The molecule has 0 saturated carbocycles. The Labute approximate surface area is 400 Å². The van der Waals surface area contributed by atoms with Crippen LogP contribution in [-0.2, 0) is 27.1 Å². The van der Waals surface area contributed by atoms with E-state index < -0.39 is 0 Å². The lowest BCUT2D eigenvalue weighted by atomic mass is 9.46. The van der Waals surface area contributed by atoms with Crippen molar-refractivity contribution in [1.29, 1.82) is 0 Å². The Hall–Kier alpha value is -6.46. The van der Waals surface area contributed by atoms with E-state index >= 15 is 0 Å². The van der Waals surface area contributed by atoms with Crippen LogP contribution < -0.4 is 15.9 Å². The van der Waals surface area contributed by atoms with E-state index in [9.17, 15) is 0 Å². The van der Waals surface area contributed by atoms with Gasteiger partial charge >= 0.3 is 6.85 Å². The molecule has 0 saturated heterocycles. The number of furan rings is 2. The molecule has 2 aliphatic carbocycles. The van der Waals surface area contributed by atoms with E-state index in [0.717, 1.165) is 52.0 Å². The van der Waals surface area contributed by atoms with E-state index in [1.165, 1.54) is 99.4 Å². The maximum absolute atomic E-state index is 7.72. The van der Waals surface area contributed by atoms with Crippen LogP contribution in [0.2, 0.25) is 0 Å². The van der Waals surface area contributed by atoms with E-state index in [-0.39, 0.29) is 33.9 Å². The summed E-state index contributed by atoms with van der Waals surface area (Å²) in [6, 6.07) is 44.5. The Kier molecular flexibility index (Phi) is 7.52. The third kappa shape index (κ3) is 5.02. The van der Waals surface area contributed by atoms with Gasteiger partial charge in [0.05, 0.1) is 22.1 Å². The van der Waals surface area contributed by atoms with Crippen molar-refractivity contribution in [2.24, 2.45) is 0 Å². The molecular formula is C63H59BN2O2. The van der Waals surface area contributed by atoms with E-state index in [2.05, 4.69) is 208 Å². The number of nitrogens with zero attached hydrogens (tertiary/aromatic N) is 2. The second-order valence-electron chi connectivity index (χ2n) is 24.8. The number of anilines is 2. The van der Waals surface area contributed by atoms with Crippen molar-refractivity contribution in [3.05, 3.63) is 149 Å². The first kappa shape index (κ1) is 40.6. The zero-order chi connectivity index (χ0) is 46.9. The van der Waals surface area contributed by atoms with Gasteiger partial charge in [-0.25, -0.2) is 0 Å². The van der Waals surface area contributed by atoms with Crippen LogP contribution in [0, 0.1) is 0 Å². The van der Waals surface area contributed by atoms with Crippen molar-refractivity contribution in [1.82, 2.24) is 4.57 Å². The number of fused-ring (bicyclic) bond motifs is 19. The molecule has 5 heterocycles. The minimum atomic E-state index is -0.289. The number of hydrogen-bond acceptors (Lipinski definition) is 3. The maximum Gasteiger partial charge on any atom is 0.376 e. The Morgan fingerprint density at radius 3 is 1.96 bits per heavy atom. The molecule has 14 rings (SSSR count). The molecule has 7 aromatic carbocycles. The van der Waals surface area contributed by atoms with Crippen LogP contribution >= 0.6 is 0 Å². The third-order valence-electron chi connectivity index (χ3n) is 17.3. The van der Waals surface area contributed by atoms with Gasteiger partial charge in [-0.05, 0) is 145 Å². The minimum Gasteiger partial charge on any atom is -0.466 e. The lowest BCUT2D eigenvalue weighted by Gasteiger charge is -2.42. The van der Waals surface area contributed by atoms with E-state index in [4.69, 9.17) is 8.83 Å². The van der Waals surface area contributed by atoms with Crippen molar-refractivity contribution in [3.63, 3.8) is 0 Å². The predicted molar refractivity (Wildman–Crippen MR) is 287 cm³/mol. The van der Waals surface area contributed by atoms with Gasteiger partial charge in [0.25, 0.3) is 0 Å². The first-order valence-corrected chi connectivity index (χ1v) is 25.0. The fourth-order valence-electron chi connectivity index (χ4n) is 13.4. The van der Waals surface area contributed by atoms with Gasteiger partial charge in [-0.3, -0.25) is 0 Å². The standard InChI is InChI=1S/C63H59BN2O2/c1-59(2,3)34-21-24-36(25-22-34)66-48-32-44-39(37-17-13-15-19-43(37)63(44,11)12)30-41(48)51-52-38-18-14-16-20-49(38)67-57(52)53-40-29-35(60(4,5)6)23-26-47(40)65-55-42-31-45-46(62(9,10)28-27-61(45,7)8)33-50(42)68-58(55)64(66)54(51)56(53)65/h13-26,29-33H,27-28H2,1-12H3. The number of para-hydroxylation sites is 1. The van der Waals surface area contributed by atoms with E-state index in [1.807, 2.05) is 0 Å². The smallest absolute Gasteiger partial charge is 0.376 e. The summed E-state index contributed by atoms with van der Waals surface area (Å²) in [5.41, 5.74) is 24.1. The summed E-state index contributed by atoms with van der Waals surface area (Å²) in [6.07, 6.45) is 2.28. The molecule has 4 nitrogen and oxygen atoms in total. The largest absolute Gasteiger partial charge is 0.466 e. The summed E-state index contributed by atoms with van der Waals surface area (Å²) in [6.45, 7) is 28.1. The van der Waals surface area contributed by atoms with Crippen LogP contribution in [0.5, 0.6) is 0 Å². The molecule has 0 amide bonds. The lowest BCUT2D eigenvalue weighted by molar-refractivity contribution is 0.332. The summed E-state index contributed by atoms with van der Waals surface area (Å²) >= 11 is 0. The Balaban J connectivity index is 1.23. The van der Waals surface area contributed by atoms with Gasteiger partial charge in [-0.15, -0.1) is 0 Å².